The molecule has 1 aliphatic heterocycles. The number of piperidine rings is 1. The van der Waals surface area contributed by atoms with E-state index in [4.69, 9.17) is 4.42 Å². The van der Waals surface area contributed by atoms with Crippen LogP contribution in [0.4, 0.5) is 4.39 Å². The van der Waals surface area contributed by atoms with E-state index in [1.165, 1.54) is 6.07 Å². The van der Waals surface area contributed by atoms with Crippen molar-refractivity contribution in [2.75, 3.05) is 13.1 Å². The van der Waals surface area contributed by atoms with Crippen molar-refractivity contribution in [3.05, 3.63) is 83.6 Å². The molecule has 1 aliphatic rings. The van der Waals surface area contributed by atoms with Gasteiger partial charge in [0.25, 0.3) is 5.91 Å². The molecule has 1 amide bonds. The van der Waals surface area contributed by atoms with E-state index in [0.29, 0.717) is 42.4 Å². The second-order valence-corrected chi connectivity index (χ2v) is 7.51. The first-order chi connectivity index (χ1) is 13.5. The second kappa shape index (κ2) is 7.54. The zero-order chi connectivity index (χ0) is 19.6. The van der Waals surface area contributed by atoms with E-state index in [1.807, 2.05) is 11.0 Å². The lowest BCUT2D eigenvalue weighted by Gasteiger charge is -2.38. The van der Waals surface area contributed by atoms with E-state index in [9.17, 15) is 9.18 Å². The topological polar surface area (TPSA) is 59.2 Å². The highest BCUT2D eigenvalue weighted by Crippen LogP contribution is 2.34. The Balaban J connectivity index is 1.51. The quantitative estimate of drug-likeness (QED) is 0.688. The highest BCUT2D eigenvalue weighted by atomic mass is 19.1. The van der Waals surface area contributed by atoms with Gasteiger partial charge >= 0.3 is 0 Å². The van der Waals surface area contributed by atoms with Gasteiger partial charge in [0.1, 0.15) is 17.3 Å². The van der Waals surface area contributed by atoms with E-state index in [0.717, 1.165) is 12.8 Å². The number of likely N-dealkylation sites (tertiary alicyclic amines) is 1. The normalized spacial score (nSPS) is 19.6. The zero-order valence-electron chi connectivity index (χ0n) is 15.8. The van der Waals surface area contributed by atoms with Crippen LogP contribution in [0.15, 0.2) is 59.3 Å². The van der Waals surface area contributed by atoms with Gasteiger partial charge in [0.15, 0.2) is 0 Å². The van der Waals surface area contributed by atoms with Crippen molar-refractivity contribution in [2.45, 2.75) is 31.6 Å². The number of hydrogen-bond acceptors (Lipinski definition) is 4. The van der Waals surface area contributed by atoms with Gasteiger partial charge in [-0.2, -0.15) is 0 Å². The van der Waals surface area contributed by atoms with E-state index in [1.54, 1.807) is 42.7 Å². The molecule has 0 radical (unpaired) electrons. The minimum atomic E-state index is -0.379. The average molecular weight is 379 g/mol. The van der Waals surface area contributed by atoms with Gasteiger partial charge in [0.2, 0.25) is 5.89 Å². The fourth-order valence-corrected chi connectivity index (χ4v) is 3.74. The van der Waals surface area contributed by atoms with Gasteiger partial charge in [0, 0.05) is 25.7 Å². The summed E-state index contributed by atoms with van der Waals surface area (Å²) in [6, 6.07) is 12.0. The number of nitrogens with zero attached hydrogens (tertiary/aromatic N) is 3. The molecule has 0 bridgehead atoms. The Hall–Kier alpha value is -3.02. The molecule has 0 aliphatic carbocycles. The van der Waals surface area contributed by atoms with Crippen molar-refractivity contribution in [1.29, 1.82) is 0 Å². The third-order valence-electron chi connectivity index (χ3n) is 5.26. The molecule has 4 rings (SSSR count). The summed E-state index contributed by atoms with van der Waals surface area (Å²) in [7, 11) is 0. The maximum atomic E-state index is 13.9. The van der Waals surface area contributed by atoms with Gasteiger partial charge in [-0.1, -0.05) is 24.3 Å². The summed E-state index contributed by atoms with van der Waals surface area (Å²) >= 11 is 0. The fraction of sp³-hybridized carbons (Fsp3) is 0.318. The number of halogens is 1. The largest absolute Gasteiger partial charge is 0.445 e. The highest BCUT2D eigenvalue weighted by molar-refractivity contribution is 5.92. The number of pyridine rings is 1. The molecule has 1 fully saturated rings. The lowest BCUT2D eigenvalue weighted by molar-refractivity contribution is 0.0620. The van der Waals surface area contributed by atoms with Crippen LogP contribution in [-0.4, -0.2) is 33.9 Å². The van der Waals surface area contributed by atoms with Gasteiger partial charge in [-0.25, -0.2) is 9.37 Å². The maximum absolute atomic E-state index is 13.9. The van der Waals surface area contributed by atoms with E-state index in [2.05, 4.69) is 16.9 Å². The van der Waals surface area contributed by atoms with Crippen LogP contribution in [0.2, 0.25) is 0 Å². The molecule has 2 aromatic heterocycles. The van der Waals surface area contributed by atoms with Crippen molar-refractivity contribution >= 4 is 5.91 Å². The number of carbonyl (C=O) groups is 1. The fourth-order valence-electron chi connectivity index (χ4n) is 3.74. The summed E-state index contributed by atoms with van der Waals surface area (Å²) in [6.45, 7) is 3.26. The lowest BCUT2D eigenvalue weighted by Crippen LogP contribution is -2.47. The van der Waals surface area contributed by atoms with Gasteiger partial charge in [0.05, 0.1) is 11.6 Å². The molecule has 0 saturated carbocycles. The molecule has 5 nitrogen and oxygen atoms in total. The summed E-state index contributed by atoms with van der Waals surface area (Å²) < 4.78 is 19.9. The number of amides is 1. The number of hydrogen-bond donors (Lipinski definition) is 0. The van der Waals surface area contributed by atoms with Crippen molar-refractivity contribution < 1.29 is 13.6 Å². The van der Waals surface area contributed by atoms with Crippen LogP contribution < -0.4 is 0 Å². The number of benzene rings is 1. The molecule has 144 valence electrons. The first-order valence-corrected chi connectivity index (χ1v) is 9.44. The van der Waals surface area contributed by atoms with E-state index >= 15 is 0 Å². The number of rotatable bonds is 4. The van der Waals surface area contributed by atoms with Crippen molar-refractivity contribution in [3.63, 3.8) is 0 Å². The number of oxazole rings is 1. The minimum absolute atomic E-state index is 0.0790. The highest BCUT2D eigenvalue weighted by Gasteiger charge is 2.39. The SMILES string of the molecule is CC1(c2ncc(Cc3ccccc3F)o2)CCCN(C(=O)c2ccccn2)C1. The Morgan fingerprint density at radius 3 is 2.82 bits per heavy atom. The summed E-state index contributed by atoms with van der Waals surface area (Å²) in [4.78, 5) is 23.2. The van der Waals surface area contributed by atoms with Crippen molar-refractivity contribution in [2.24, 2.45) is 0 Å². The second-order valence-electron chi connectivity index (χ2n) is 7.51. The third kappa shape index (κ3) is 3.67. The summed E-state index contributed by atoms with van der Waals surface area (Å²) in [5.74, 6) is 0.882. The van der Waals surface area contributed by atoms with Crippen molar-refractivity contribution in [1.82, 2.24) is 14.9 Å². The van der Waals surface area contributed by atoms with Crippen LogP contribution >= 0.6 is 0 Å². The molecule has 6 heteroatoms. The van der Waals surface area contributed by atoms with E-state index < -0.39 is 0 Å². The molecule has 1 unspecified atom stereocenters. The summed E-state index contributed by atoms with van der Waals surface area (Å²) in [5, 5.41) is 0. The molecule has 1 aromatic carbocycles. The average Bonchev–Trinajstić information content (AvgIpc) is 3.19. The molecule has 3 aromatic rings. The van der Waals surface area contributed by atoms with Crippen LogP contribution in [0.25, 0.3) is 0 Å². The third-order valence-corrected chi connectivity index (χ3v) is 5.26. The van der Waals surface area contributed by atoms with Gasteiger partial charge < -0.3 is 9.32 Å². The summed E-state index contributed by atoms with van der Waals surface area (Å²) in [6.07, 6.45) is 5.37. The standard InChI is InChI=1S/C22H22FN3O2/c1-22(10-6-12-26(15-22)20(27)19-9-4-5-11-24-19)21-25-14-17(28-21)13-16-7-2-3-8-18(16)23/h2-5,7-9,11,14H,6,10,12-13,15H2,1H3. The Morgan fingerprint density at radius 2 is 2.04 bits per heavy atom. The Morgan fingerprint density at radius 1 is 1.21 bits per heavy atom. The van der Waals surface area contributed by atoms with Gasteiger partial charge in [-0.15, -0.1) is 0 Å². The monoisotopic (exact) mass is 379 g/mol. The molecule has 0 N–H and O–H groups in total. The smallest absolute Gasteiger partial charge is 0.272 e. The Labute approximate surface area is 163 Å². The van der Waals surface area contributed by atoms with Crippen LogP contribution in [0.3, 0.4) is 0 Å². The first kappa shape index (κ1) is 18.3. The lowest BCUT2D eigenvalue weighted by atomic mass is 9.81. The van der Waals surface area contributed by atoms with Crippen molar-refractivity contribution in [3.8, 4) is 0 Å². The molecular weight excluding hydrogens is 357 g/mol. The predicted molar refractivity (Wildman–Crippen MR) is 102 cm³/mol. The molecule has 28 heavy (non-hydrogen) atoms. The minimum Gasteiger partial charge on any atom is -0.445 e. The molecular formula is C22H22FN3O2. The maximum Gasteiger partial charge on any atom is 0.272 e. The van der Waals surface area contributed by atoms with Crippen LogP contribution in [0, 0.1) is 5.82 Å². The molecule has 1 saturated heterocycles. The van der Waals surface area contributed by atoms with E-state index in [-0.39, 0.29) is 17.1 Å². The number of aromatic nitrogens is 2. The van der Waals surface area contributed by atoms with Crippen LogP contribution in [-0.2, 0) is 11.8 Å². The Kier molecular flexibility index (Phi) is 4.94. The van der Waals surface area contributed by atoms with Gasteiger partial charge in [-0.3, -0.25) is 9.78 Å². The molecule has 0 spiro atoms. The van der Waals surface area contributed by atoms with Crippen LogP contribution in [0.1, 0.15) is 47.5 Å². The summed E-state index contributed by atoms with van der Waals surface area (Å²) in [5.41, 5.74) is 0.640. The molecule has 3 heterocycles. The zero-order valence-corrected chi connectivity index (χ0v) is 15.8. The predicted octanol–water partition coefficient (Wildman–Crippen LogP) is 3.99. The number of carbonyl (C=O) groups excluding carboxylic acids is 1. The van der Waals surface area contributed by atoms with Gasteiger partial charge in [-0.05, 0) is 43.5 Å². The first-order valence-electron chi connectivity index (χ1n) is 9.44. The van der Waals surface area contributed by atoms with Crippen LogP contribution in [0.5, 0.6) is 0 Å². The Bertz CT molecular complexity index is 973. The molecule has 1 atom stereocenters.